The molecule has 0 bridgehead atoms. The molecule has 0 aliphatic heterocycles. The molecule has 1 aromatic rings. The lowest BCUT2D eigenvalue weighted by molar-refractivity contribution is 0.299. The van der Waals surface area contributed by atoms with E-state index >= 15 is 0 Å². The van der Waals surface area contributed by atoms with Crippen LogP contribution in [0, 0.1) is 13.8 Å². The molecular weight excluding hydrogens is 174 g/mol. The Balaban J connectivity index is 2.54. The highest BCUT2D eigenvalue weighted by Crippen LogP contribution is 2.20. The van der Waals surface area contributed by atoms with Crippen LogP contribution in [0.4, 0.5) is 0 Å². The van der Waals surface area contributed by atoms with Crippen molar-refractivity contribution in [3.05, 3.63) is 29.3 Å². The summed E-state index contributed by atoms with van der Waals surface area (Å²) in [5.41, 5.74) is 8.13. The Hall–Kier alpha value is -1.02. The fourth-order valence-electron chi connectivity index (χ4n) is 1.24. The third kappa shape index (κ3) is 3.04. The van der Waals surface area contributed by atoms with Gasteiger partial charge in [-0.25, -0.2) is 0 Å². The van der Waals surface area contributed by atoms with E-state index in [-0.39, 0.29) is 6.04 Å². The highest BCUT2D eigenvalue weighted by Gasteiger charge is 2.01. The normalized spacial score (nSPS) is 12.6. The SMILES string of the molecule is Cc1cccc(OCC[C@@H](C)N)c1C. The minimum absolute atomic E-state index is 0.208. The molecule has 0 aromatic heterocycles. The van der Waals surface area contributed by atoms with Crippen LogP contribution in [-0.4, -0.2) is 12.6 Å². The molecule has 78 valence electrons. The lowest BCUT2D eigenvalue weighted by Gasteiger charge is -2.11. The first kappa shape index (κ1) is 11.1. The van der Waals surface area contributed by atoms with E-state index in [1.165, 1.54) is 11.1 Å². The van der Waals surface area contributed by atoms with Gasteiger partial charge in [-0.15, -0.1) is 0 Å². The fourth-order valence-corrected chi connectivity index (χ4v) is 1.24. The predicted octanol–water partition coefficient (Wildman–Crippen LogP) is 2.42. The number of benzene rings is 1. The zero-order valence-corrected chi connectivity index (χ0v) is 9.21. The maximum absolute atomic E-state index is 5.65. The second-order valence-electron chi connectivity index (χ2n) is 3.81. The van der Waals surface area contributed by atoms with E-state index in [1.54, 1.807) is 0 Å². The topological polar surface area (TPSA) is 35.2 Å². The average Bonchev–Trinajstić information content (AvgIpc) is 2.12. The maximum atomic E-state index is 5.65. The number of nitrogens with two attached hydrogens (primary N) is 1. The molecule has 2 nitrogen and oxygen atoms in total. The Kier molecular flexibility index (Phi) is 3.96. The van der Waals surface area contributed by atoms with Crippen LogP contribution in [0.25, 0.3) is 0 Å². The third-order valence-electron chi connectivity index (χ3n) is 2.39. The Morgan fingerprint density at radius 1 is 1.36 bits per heavy atom. The van der Waals surface area contributed by atoms with Crippen LogP contribution in [0.5, 0.6) is 5.75 Å². The Bertz CT molecular complexity index is 294. The molecule has 14 heavy (non-hydrogen) atoms. The molecule has 2 heteroatoms. The summed E-state index contributed by atoms with van der Waals surface area (Å²) in [5.74, 6) is 0.977. The lowest BCUT2D eigenvalue weighted by atomic mass is 10.1. The number of hydrogen-bond acceptors (Lipinski definition) is 2. The summed E-state index contributed by atoms with van der Waals surface area (Å²) < 4.78 is 5.65. The van der Waals surface area contributed by atoms with Crippen molar-refractivity contribution in [2.24, 2.45) is 5.73 Å². The van der Waals surface area contributed by atoms with Gasteiger partial charge in [-0.05, 0) is 44.4 Å². The number of rotatable bonds is 4. The van der Waals surface area contributed by atoms with Crippen molar-refractivity contribution in [1.82, 2.24) is 0 Å². The number of hydrogen-bond donors (Lipinski definition) is 1. The van der Waals surface area contributed by atoms with E-state index in [1.807, 2.05) is 19.1 Å². The van der Waals surface area contributed by atoms with E-state index in [4.69, 9.17) is 10.5 Å². The first-order chi connectivity index (χ1) is 6.61. The van der Waals surface area contributed by atoms with Gasteiger partial charge in [0, 0.05) is 6.04 Å². The van der Waals surface area contributed by atoms with Gasteiger partial charge in [-0.1, -0.05) is 12.1 Å². The molecule has 0 spiro atoms. The largest absolute Gasteiger partial charge is 0.493 e. The first-order valence-corrected chi connectivity index (χ1v) is 5.06. The van der Waals surface area contributed by atoms with Crippen LogP contribution in [0.1, 0.15) is 24.5 Å². The Labute approximate surface area is 86.1 Å². The van der Waals surface area contributed by atoms with Gasteiger partial charge in [-0.2, -0.15) is 0 Å². The van der Waals surface area contributed by atoms with Crippen molar-refractivity contribution in [2.75, 3.05) is 6.61 Å². The molecular formula is C12H19NO. The minimum atomic E-state index is 0.208. The van der Waals surface area contributed by atoms with Gasteiger partial charge in [0.15, 0.2) is 0 Å². The molecule has 0 heterocycles. The summed E-state index contributed by atoms with van der Waals surface area (Å²) in [7, 11) is 0. The molecule has 0 fully saturated rings. The third-order valence-corrected chi connectivity index (χ3v) is 2.39. The molecule has 0 aliphatic carbocycles. The standard InChI is InChI=1S/C12H19NO/c1-9-5-4-6-12(11(9)3)14-8-7-10(2)13/h4-6,10H,7-8,13H2,1-3H3/t10-/m1/s1. The van der Waals surface area contributed by atoms with E-state index in [9.17, 15) is 0 Å². The van der Waals surface area contributed by atoms with Crippen LogP contribution < -0.4 is 10.5 Å². The zero-order valence-electron chi connectivity index (χ0n) is 9.21. The van der Waals surface area contributed by atoms with Crippen LogP contribution in [0.3, 0.4) is 0 Å². The zero-order chi connectivity index (χ0) is 10.6. The summed E-state index contributed by atoms with van der Waals surface area (Å²) in [5, 5.41) is 0. The van der Waals surface area contributed by atoms with Crippen LogP contribution in [0.2, 0.25) is 0 Å². The van der Waals surface area contributed by atoms with Gasteiger partial charge < -0.3 is 10.5 Å². The summed E-state index contributed by atoms with van der Waals surface area (Å²) in [6, 6.07) is 6.32. The fraction of sp³-hybridized carbons (Fsp3) is 0.500. The average molecular weight is 193 g/mol. The minimum Gasteiger partial charge on any atom is -0.493 e. The predicted molar refractivity (Wildman–Crippen MR) is 59.7 cm³/mol. The molecule has 0 saturated heterocycles. The highest BCUT2D eigenvalue weighted by molar-refractivity contribution is 5.38. The van der Waals surface area contributed by atoms with Crippen molar-refractivity contribution >= 4 is 0 Å². The van der Waals surface area contributed by atoms with Crippen LogP contribution in [0.15, 0.2) is 18.2 Å². The molecule has 0 aliphatic rings. The first-order valence-electron chi connectivity index (χ1n) is 5.06. The van der Waals surface area contributed by atoms with E-state index in [0.29, 0.717) is 6.61 Å². The summed E-state index contributed by atoms with van der Waals surface area (Å²) in [4.78, 5) is 0. The molecule has 1 aromatic carbocycles. The number of aryl methyl sites for hydroxylation is 1. The molecule has 0 amide bonds. The molecule has 2 N–H and O–H groups in total. The molecule has 0 unspecified atom stereocenters. The molecule has 1 rings (SSSR count). The molecule has 1 atom stereocenters. The highest BCUT2D eigenvalue weighted by atomic mass is 16.5. The van der Waals surface area contributed by atoms with Crippen molar-refractivity contribution in [2.45, 2.75) is 33.2 Å². The van der Waals surface area contributed by atoms with E-state index in [2.05, 4.69) is 19.9 Å². The monoisotopic (exact) mass is 193 g/mol. The quantitative estimate of drug-likeness (QED) is 0.797. The molecule has 0 radical (unpaired) electrons. The summed E-state index contributed by atoms with van der Waals surface area (Å²) in [6.45, 7) is 6.86. The maximum Gasteiger partial charge on any atom is 0.122 e. The summed E-state index contributed by atoms with van der Waals surface area (Å²) in [6.07, 6.45) is 0.896. The number of ether oxygens (including phenoxy) is 1. The summed E-state index contributed by atoms with van der Waals surface area (Å²) >= 11 is 0. The van der Waals surface area contributed by atoms with Gasteiger partial charge in [0.1, 0.15) is 5.75 Å². The van der Waals surface area contributed by atoms with Gasteiger partial charge in [-0.3, -0.25) is 0 Å². The Morgan fingerprint density at radius 2 is 2.07 bits per heavy atom. The second kappa shape index (κ2) is 5.01. The van der Waals surface area contributed by atoms with E-state index < -0.39 is 0 Å². The van der Waals surface area contributed by atoms with Crippen LogP contribution in [-0.2, 0) is 0 Å². The van der Waals surface area contributed by atoms with Crippen molar-refractivity contribution < 1.29 is 4.74 Å². The lowest BCUT2D eigenvalue weighted by Crippen LogP contribution is -2.18. The molecule has 0 saturated carbocycles. The van der Waals surface area contributed by atoms with Gasteiger partial charge in [0.05, 0.1) is 6.61 Å². The van der Waals surface area contributed by atoms with Crippen molar-refractivity contribution in [3.63, 3.8) is 0 Å². The van der Waals surface area contributed by atoms with Crippen molar-refractivity contribution in [1.29, 1.82) is 0 Å². The second-order valence-corrected chi connectivity index (χ2v) is 3.81. The van der Waals surface area contributed by atoms with Gasteiger partial charge in [0.2, 0.25) is 0 Å². The van der Waals surface area contributed by atoms with Gasteiger partial charge >= 0.3 is 0 Å². The van der Waals surface area contributed by atoms with Gasteiger partial charge in [0.25, 0.3) is 0 Å². The smallest absolute Gasteiger partial charge is 0.122 e. The Morgan fingerprint density at radius 3 is 2.71 bits per heavy atom. The van der Waals surface area contributed by atoms with Crippen LogP contribution >= 0.6 is 0 Å². The van der Waals surface area contributed by atoms with E-state index in [0.717, 1.165) is 12.2 Å². The van der Waals surface area contributed by atoms with Crippen molar-refractivity contribution in [3.8, 4) is 5.75 Å².